The van der Waals surface area contributed by atoms with E-state index in [1.165, 1.54) is 39.0 Å². The summed E-state index contributed by atoms with van der Waals surface area (Å²) >= 11 is 6.37. The lowest BCUT2D eigenvalue weighted by Gasteiger charge is -2.14. The molecule has 2 aromatic rings. The maximum Gasteiger partial charge on any atom is 0.0440 e. The molecule has 0 atom stereocenters. The molecule has 0 aromatic heterocycles. The third kappa shape index (κ3) is 5.61. The zero-order valence-electron chi connectivity index (χ0n) is 16.7. The van der Waals surface area contributed by atoms with E-state index >= 15 is 0 Å². The number of hydrogen-bond acceptors (Lipinski definition) is 0. The summed E-state index contributed by atoms with van der Waals surface area (Å²) in [5, 5.41) is 0.879. The Labute approximate surface area is 164 Å². The van der Waals surface area contributed by atoms with Crippen molar-refractivity contribution in [3.63, 3.8) is 0 Å². The summed E-state index contributed by atoms with van der Waals surface area (Å²) in [5.74, 6) is 0. The molecule has 0 saturated carbocycles. The lowest BCUT2D eigenvalue weighted by molar-refractivity contribution is 0.887. The van der Waals surface area contributed by atoms with E-state index in [0.717, 1.165) is 37.1 Å². The van der Waals surface area contributed by atoms with E-state index < -0.39 is 0 Å². The van der Waals surface area contributed by atoms with E-state index in [9.17, 15) is 0 Å². The second kappa shape index (κ2) is 9.78. The monoisotopic (exact) mass is 366 g/mol. The van der Waals surface area contributed by atoms with Crippen molar-refractivity contribution < 1.29 is 0 Å². The molecule has 0 heterocycles. The van der Waals surface area contributed by atoms with Crippen LogP contribution in [0.15, 0.2) is 54.6 Å². The Morgan fingerprint density at radius 1 is 1.08 bits per heavy atom. The molecule has 2 rings (SSSR count). The third-order valence-electron chi connectivity index (χ3n) is 4.92. The Morgan fingerprint density at radius 2 is 1.85 bits per heavy atom. The molecule has 0 saturated heterocycles. The Balaban J connectivity index is 2.09. The molecule has 2 aromatic carbocycles. The van der Waals surface area contributed by atoms with Crippen LogP contribution in [0.5, 0.6) is 0 Å². The first-order valence-electron chi connectivity index (χ1n) is 9.61. The van der Waals surface area contributed by atoms with Crippen molar-refractivity contribution >= 4 is 17.2 Å². The Hall–Kier alpha value is -1.79. The fourth-order valence-corrected chi connectivity index (χ4v) is 3.77. The Morgan fingerprint density at radius 3 is 2.46 bits per heavy atom. The molecular weight excluding hydrogens is 336 g/mol. The molecule has 0 bridgehead atoms. The number of halogens is 1. The quantitative estimate of drug-likeness (QED) is 0.416. The second-order valence-corrected chi connectivity index (χ2v) is 7.64. The summed E-state index contributed by atoms with van der Waals surface area (Å²) < 4.78 is 0. The number of aryl methyl sites for hydroxylation is 4. The number of rotatable bonds is 8. The highest BCUT2D eigenvalue weighted by molar-refractivity contribution is 6.31. The van der Waals surface area contributed by atoms with Crippen LogP contribution in [0.1, 0.15) is 60.9 Å². The van der Waals surface area contributed by atoms with Gasteiger partial charge < -0.3 is 0 Å². The van der Waals surface area contributed by atoms with Crippen LogP contribution in [0.4, 0.5) is 0 Å². The van der Waals surface area contributed by atoms with Gasteiger partial charge in [-0.1, -0.05) is 73.5 Å². The molecule has 138 valence electrons. The summed E-state index contributed by atoms with van der Waals surface area (Å²) in [7, 11) is 0. The van der Waals surface area contributed by atoms with Crippen molar-refractivity contribution in [1.82, 2.24) is 0 Å². The van der Waals surface area contributed by atoms with Crippen LogP contribution in [0, 0.1) is 13.8 Å². The molecule has 0 amide bonds. The van der Waals surface area contributed by atoms with E-state index in [0.29, 0.717) is 0 Å². The van der Waals surface area contributed by atoms with E-state index in [1.807, 2.05) is 6.07 Å². The zero-order chi connectivity index (χ0) is 19.1. The van der Waals surface area contributed by atoms with Crippen molar-refractivity contribution in [3.05, 3.63) is 87.5 Å². The average Bonchev–Trinajstić information content (AvgIpc) is 2.59. The van der Waals surface area contributed by atoms with Crippen LogP contribution in [0.2, 0.25) is 5.02 Å². The van der Waals surface area contributed by atoms with Gasteiger partial charge in [-0.3, -0.25) is 0 Å². The van der Waals surface area contributed by atoms with E-state index in [-0.39, 0.29) is 0 Å². The fraction of sp³-hybridized carbons (Fsp3) is 0.360. The van der Waals surface area contributed by atoms with Gasteiger partial charge in [0.1, 0.15) is 0 Å². The highest BCUT2D eigenvalue weighted by Gasteiger charge is 2.08. The first-order chi connectivity index (χ1) is 12.4. The van der Waals surface area contributed by atoms with Crippen molar-refractivity contribution in [2.45, 2.75) is 59.8 Å². The summed E-state index contributed by atoms with van der Waals surface area (Å²) in [6.07, 6.45) is 7.46. The first-order valence-corrected chi connectivity index (χ1v) is 9.99. The SMILES string of the molecule is C=C(CCC)C/C(=C/C)c1ccc(CCc2ccc(C)cc2Cl)cc1C. The maximum atomic E-state index is 6.37. The molecule has 0 aliphatic rings. The molecular formula is C25H31Cl. The summed E-state index contributed by atoms with van der Waals surface area (Å²) in [6, 6.07) is 13.2. The van der Waals surface area contributed by atoms with Gasteiger partial charge in [-0.15, -0.1) is 0 Å². The van der Waals surface area contributed by atoms with Gasteiger partial charge in [-0.25, -0.2) is 0 Å². The van der Waals surface area contributed by atoms with Crippen LogP contribution in [0.25, 0.3) is 5.57 Å². The molecule has 0 aliphatic heterocycles. The largest absolute Gasteiger partial charge is 0.0995 e. The summed E-state index contributed by atoms with van der Waals surface area (Å²) in [6.45, 7) is 12.9. The van der Waals surface area contributed by atoms with Crippen molar-refractivity contribution in [1.29, 1.82) is 0 Å². The van der Waals surface area contributed by atoms with Gasteiger partial charge in [0, 0.05) is 5.02 Å². The molecule has 0 aliphatic carbocycles. The molecule has 0 N–H and O–H groups in total. The average molecular weight is 367 g/mol. The van der Waals surface area contributed by atoms with Crippen LogP contribution >= 0.6 is 11.6 Å². The minimum absolute atomic E-state index is 0.879. The zero-order valence-corrected chi connectivity index (χ0v) is 17.4. The smallest absolute Gasteiger partial charge is 0.0440 e. The van der Waals surface area contributed by atoms with Gasteiger partial charge in [-0.05, 0) is 85.9 Å². The minimum atomic E-state index is 0.879. The topological polar surface area (TPSA) is 0 Å². The van der Waals surface area contributed by atoms with Gasteiger partial charge in [0.05, 0.1) is 0 Å². The van der Waals surface area contributed by atoms with Gasteiger partial charge >= 0.3 is 0 Å². The standard InChI is InChI=1S/C25H31Cl/c1-6-8-18(3)15-22(7-2)24-14-11-21(17-20(24)5)10-13-23-12-9-19(4)16-25(23)26/h7,9,11-12,14,16-17H,3,6,8,10,13,15H2,1-2,4-5H3/b22-7-. The molecule has 0 fully saturated rings. The highest BCUT2D eigenvalue weighted by Crippen LogP contribution is 2.28. The Kier molecular flexibility index (Phi) is 7.72. The van der Waals surface area contributed by atoms with Gasteiger partial charge in [0.25, 0.3) is 0 Å². The van der Waals surface area contributed by atoms with Crippen LogP contribution in [-0.4, -0.2) is 0 Å². The predicted octanol–water partition coefficient (Wildman–Crippen LogP) is 7.89. The maximum absolute atomic E-state index is 6.37. The van der Waals surface area contributed by atoms with E-state index in [2.05, 4.69) is 70.7 Å². The third-order valence-corrected chi connectivity index (χ3v) is 5.27. The van der Waals surface area contributed by atoms with Crippen molar-refractivity contribution in [2.75, 3.05) is 0 Å². The first kappa shape index (κ1) is 20.5. The summed E-state index contributed by atoms with van der Waals surface area (Å²) in [5.41, 5.74) is 9.20. The fourth-order valence-electron chi connectivity index (χ4n) is 3.44. The number of allylic oxidation sites excluding steroid dienone is 3. The predicted molar refractivity (Wildman–Crippen MR) is 117 cm³/mol. The molecule has 0 radical (unpaired) electrons. The second-order valence-electron chi connectivity index (χ2n) is 7.23. The number of hydrogen-bond donors (Lipinski definition) is 0. The minimum Gasteiger partial charge on any atom is -0.0995 e. The molecule has 0 spiro atoms. The number of benzene rings is 2. The lowest BCUT2D eigenvalue weighted by atomic mass is 9.91. The normalized spacial score (nSPS) is 11.7. The van der Waals surface area contributed by atoms with E-state index in [4.69, 9.17) is 11.6 Å². The van der Waals surface area contributed by atoms with Crippen LogP contribution in [-0.2, 0) is 12.8 Å². The highest BCUT2D eigenvalue weighted by atomic mass is 35.5. The van der Waals surface area contributed by atoms with Crippen molar-refractivity contribution in [2.24, 2.45) is 0 Å². The summed E-state index contributed by atoms with van der Waals surface area (Å²) in [4.78, 5) is 0. The molecule has 1 heteroatoms. The molecule has 0 unspecified atom stereocenters. The lowest BCUT2D eigenvalue weighted by Crippen LogP contribution is -1.96. The Bertz CT molecular complexity index is 796. The van der Waals surface area contributed by atoms with Gasteiger partial charge in [0.15, 0.2) is 0 Å². The van der Waals surface area contributed by atoms with Crippen molar-refractivity contribution in [3.8, 4) is 0 Å². The van der Waals surface area contributed by atoms with Crippen LogP contribution in [0.3, 0.4) is 0 Å². The molecule has 0 nitrogen and oxygen atoms in total. The van der Waals surface area contributed by atoms with Gasteiger partial charge in [-0.2, -0.15) is 0 Å². The van der Waals surface area contributed by atoms with Gasteiger partial charge in [0.2, 0.25) is 0 Å². The van der Waals surface area contributed by atoms with E-state index in [1.54, 1.807) is 0 Å². The molecule has 26 heavy (non-hydrogen) atoms. The van der Waals surface area contributed by atoms with Crippen LogP contribution < -0.4 is 0 Å².